The second-order valence-electron chi connectivity index (χ2n) is 3.50. The minimum atomic E-state index is -4.44. The average molecular weight is 242 g/mol. The molecule has 1 heterocycles. The maximum Gasteiger partial charge on any atom is 0.418 e. The lowest BCUT2D eigenvalue weighted by molar-refractivity contribution is -0.136. The minimum Gasteiger partial charge on any atom is -0.396 e. The third-order valence-electron chi connectivity index (χ3n) is 2.30. The first-order chi connectivity index (χ1) is 8.02. The van der Waals surface area contributed by atoms with Crippen LogP contribution in [0.2, 0.25) is 0 Å². The van der Waals surface area contributed by atoms with E-state index < -0.39 is 11.7 Å². The maximum absolute atomic E-state index is 12.7. The van der Waals surface area contributed by atoms with Gasteiger partial charge in [-0.05, 0) is 6.07 Å². The summed E-state index contributed by atoms with van der Waals surface area (Å²) in [4.78, 5) is 7.72. The SMILES string of the molecule is OCCc1ncc2cccc(C(F)(F)F)c2n1. The number of para-hydroxylation sites is 1. The molecule has 0 bridgehead atoms. The quantitative estimate of drug-likeness (QED) is 0.877. The molecule has 6 heteroatoms. The first-order valence-electron chi connectivity index (χ1n) is 4.95. The molecule has 0 amide bonds. The van der Waals surface area contributed by atoms with Crippen LogP contribution in [0.15, 0.2) is 24.4 Å². The highest BCUT2D eigenvalue weighted by Crippen LogP contribution is 2.33. The van der Waals surface area contributed by atoms with Crippen molar-refractivity contribution in [1.29, 1.82) is 0 Å². The fourth-order valence-corrected chi connectivity index (χ4v) is 1.54. The zero-order chi connectivity index (χ0) is 12.5. The highest BCUT2D eigenvalue weighted by atomic mass is 19.4. The van der Waals surface area contributed by atoms with Gasteiger partial charge in [0.25, 0.3) is 0 Å². The molecular formula is C11H9F3N2O. The number of aliphatic hydroxyl groups is 1. The molecular weight excluding hydrogens is 233 g/mol. The highest BCUT2D eigenvalue weighted by molar-refractivity contribution is 5.81. The largest absolute Gasteiger partial charge is 0.418 e. The Hall–Kier alpha value is -1.69. The molecule has 0 spiro atoms. The summed E-state index contributed by atoms with van der Waals surface area (Å²) in [7, 11) is 0. The van der Waals surface area contributed by atoms with Gasteiger partial charge < -0.3 is 5.11 Å². The van der Waals surface area contributed by atoms with Crippen LogP contribution < -0.4 is 0 Å². The Morgan fingerprint density at radius 1 is 1.24 bits per heavy atom. The van der Waals surface area contributed by atoms with Crippen LogP contribution in [0.25, 0.3) is 10.9 Å². The van der Waals surface area contributed by atoms with Crippen LogP contribution in [0.1, 0.15) is 11.4 Å². The van der Waals surface area contributed by atoms with E-state index in [0.29, 0.717) is 5.39 Å². The van der Waals surface area contributed by atoms with Gasteiger partial charge in [0.05, 0.1) is 17.7 Å². The number of aliphatic hydroxyl groups excluding tert-OH is 1. The summed E-state index contributed by atoms with van der Waals surface area (Å²) in [6, 6.07) is 3.82. The predicted molar refractivity (Wildman–Crippen MR) is 55.3 cm³/mol. The molecule has 1 N–H and O–H groups in total. The van der Waals surface area contributed by atoms with Gasteiger partial charge in [0.15, 0.2) is 0 Å². The van der Waals surface area contributed by atoms with Crippen molar-refractivity contribution in [2.75, 3.05) is 6.61 Å². The van der Waals surface area contributed by atoms with Gasteiger partial charge in [0, 0.05) is 18.0 Å². The number of hydrogen-bond acceptors (Lipinski definition) is 3. The third-order valence-corrected chi connectivity index (χ3v) is 2.30. The number of rotatable bonds is 2. The van der Waals surface area contributed by atoms with Crippen molar-refractivity contribution in [3.63, 3.8) is 0 Å². The maximum atomic E-state index is 12.7. The van der Waals surface area contributed by atoms with E-state index >= 15 is 0 Å². The van der Waals surface area contributed by atoms with Gasteiger partial charge in [-0.15, -0.1) is 0 Å². The average Bonchev–Trinajstić information content (AvgIpc) is 2.27. The van der Waals surface area contributed by atoms with Crippen LogP contribution in [0.5, 0.6) is 0 Å². The molecule has 0 aliphatic rings. The van der Waals surface area contributed by atoms with Crippen LogP contribution in [-0.2, 0) is 12.6 Å². The lowest BCUT2D eigenvalue weighted by Gasteiger charge is -2.09. The Kier molecular flexibility index (Phi) is 2.97. The number of nitrogens with zero attached hydrogens (tertiary/aromatic N) is 2. The monoisotopic (exact) mass is 242 g/mol. The van der Waals surface area contributed by atoms with Gasteiger partial charge in [-0.25, -0.2) is 9.97 Å². The van der Waals surface area contributed by atoms with Crippen LogP contribution >= 0.6 is 0 Å². The van der Waals surface area contributed by atoms with E-state index in [1.54, 1.807) is 0 Å². The molecule has 0 saturated carbocycles. The molecule has 1 aromatic heterocycles. The topological polar surface area (TPSA) is 46.0 Å². The van der Waals surface area contributed by atoms with E-state index in [1.165, 1.54) is 18.3 Å². The van der Waals surface area contributed by atoms with Gasteiger partial charge in [0.2, 0.25) is 0 Å². The number of aromatic nitrogens is 2. The Bertz CT molecular complexity index is 540. The Morgan fingerprint density at radius 3 is 2.65 bits per heavy atom. The van der Waals surface area contributed by atoms with Crippen LogP contribution in [0, 0.1) is 0 Å². The van der Waals surface area contributed by atoms with Gasteiger partial charge in [0.1, 0.15) is 5.82 Å². The first-order valence-corrected chi connectivity index (χ1v) is 4.95. The molecule has 2 rings (SSSR count). The molecule has 3 nitrogen and oxygen atoms in total. The molecule has 0 unspecified atom stereocenters. The van der Waals surface area contributed by atoms with Crippen molar-refractivity contribution >= 4 is 10.9 Å². The summed E-state index contributed by atoms with van der Waals surface area (Å²) < 4.78 is 38.2. The van der Waals surface area contributed by atoms with Crippen molar-refractivity contribution in [2.45, 2.75) is 12.6 Å². The summed E-state index contributed by atoms with van der Waals surface area (Å²) in [6.45, 7) is -0.195. The number of halogens is 3. The van der Waals surface area contributed by atoms with Crippen molar-refractivity contribution in [2.24, 2.45) is 0 Å². The van der Waals surface area contributed by atoms with Crippen molar-refractivity contribution < 1.29 is 18.3 Å². The summed E-state index contributed by atoms with van der Waals surface area (Å²) in [5.41, 5.74) is -0.907. The van der Waals surface area contributed by atoms with E-state index in [4.69, 9.17) is 5.11 Å². The third kappa shape index (κ3) is 2.36. The van der Waals surface area contributed by atoms with E-state index in [0.717, 1.165) is 6.07 Å². The highest BCUT2D eigenvalue weighted by Gasteiger charge is 2.33. The lowest BCUT2D eigenvalue weighted by Crippen LogP contribution is -2.08. The van der Waals surface area contributed by atoms with Gasteiger partial charge >= 0.3 is 6.18 Å². The van der Waals surface area contributed by atoms with Crippen molar-refractivity contribution in [3.05, 3.63) is 35.8 Å². The molecule has 1 aromatic carbocycles. The second kappa shape index (κ2) is 4.29. The second-order valence-corrected chi connectivity index (χ2v) is 3.50. The molecule has 0 radical (unpaired) electrons. The summed E-state index contributed by atoms with van der Waals surface area (Å²) in [5, 5.41) is 9.05. The minimum absolute atomic E-state index is 0.126. The molecule has 17 heavy (non-hydrogen) atoms. The number of hydrogen-bond donors (Lipinski definition) is 1. The van der Waals surface area contributed by atoms with E-state index in [-0.39, 0.29) is 24.4 Å². The van der Waals surface area contributed by atoms with E-state index in [2.05, 4.69) is 9.97 Å². The van der Waals surface area contributed by atoms with Crippen molar-refractivity contribution in [3.8, 4) is 0 Å². The Balaban J connectivity index is 2.64. The number of fused-ring (bicyclic) bond motifs is 1. The fraction of sp³-hybridized carbons (Fsp3) is 0.273. The molecule has 90 valence electrons. The fourth-order valence-electron chi connectivity index (χ4n) is 1.54. The van der Waals surface area contributed by atoms with Gasteiger partial charge in [-0.3, -0.25) is 0 Å². The predicted octanol–water partition coefficient (Wildman–Crippen LogP) is 2.18. The molecule has 0 atom stereocenters. The first kappa shape index (κ1) is 11.8. The lowest BCUT2D eigenvalue weighted by atomic mass is 10.1. The van der Waals surface area contributed by atoms with Crippen LogP contribution in [0.4, 0.5) is 13.2 Å². The molecule has 0 saturated heterocycles. The van der Waals surface area contributed by atoms with E-state index in [9.17, 15) is 13.2 Å². The van der Waals surface area contributed by atoms with Crippen molar-refractivity contribution in [1.82, 2.24) is 9.97 Å². The van der Waals surface area contributed by atoms with E-state index in [1.807, 2.05) is 0 Å². The molecule has 0 aliphatic heterocycles. The number of benzene rings is 1. The van der Waals surface area contributed by atoms with Gasteiger partial charge in [-0.1, -0.05) is 12.1 Å². The molecule has 0 fully saturated rings. The Morgan fingerprint density at radius 2 is 2.00 bits per heavy atom. The zero-order valence-corrected chi connectivity index (χ0v) is 8.70. The number of alkyl halides is 3. The molecule has 2 aromatic rings. The smallest absolute Gasteiger partial charge is 0.396 e. The summed E-state index contributed by atoms with van der Waals surface area (Å²) in [6.07, 6.45) is -2.96. The zero-order valence-electron chi connectivity index (χ0n) is 8.70. The summed E-state index contributed by atoms with van der Waals surface area (Å²) in [5.74, 6) is 0.205. The van der Waals surface area contributed by atoms with Crippen LogP contribution in [-0.4, -0.2) is 21.7 Å². The van der Waals surface area contributed by atoms with Gasteiger partial charge in [-0.2, -0.15) is 13.2 Å². The normalized spacial score (nSPS) is 12.0. The summed E-state index contributed by atoms with van der Waals surface area (Å²) >= 11 is 0. The Labute approximate surface area is 94.9 Å². The standard InChI is InChI=1S/C11H9F3N2O/c12-11(13,14)8-3-1-2-7-6-15-9(4-5-17)16-10(7)8/h1-3,6,17H,4-5H2. The molecule has 0 aliphatic carbocycles. The van der Waals surface area contributed by atoms with Crippen LogP contribution in [0.3, 0.4) is 0 Å².